The zero-order chi connectivity index (χ0) is 19.5. The minimum Gasteiger partial charge on any atom is -0.481 e. The van der Waals surface area contributed by atoms with Gasteiger partial charge in [-0.3, -0.25) is 5.10 Å². The number of carbonyl (C=O) groups is 1. The lowest BCUT2D eigenvalue weighted by molar-refractivity contribution is 0.00412. The Morgan fingerprint density at radius 1 is 1.36 bits per heavy atom. The van der Waals surface area contributed by atoms with Crippen LogP contribution in [0.1, 0.15) is 36.9 Å². The number of ether oxygens (including phenoxy) is 1. The molecule has 1 aliphatic carbocycles. The lowest BCUT2D eigenvalue weighted by Gasteiger charge is -2.44. The summed E-state index contributed by atoms with van der Waals surface area (Å²) in [5, 5.41) is 10.2. The number of carbonyl (C=O) groups excluding carboxylic acids is 1. The van der Waals surface area contributed by atoms with Crippen molar-refractivity contribution in [3.05, 3.63) is 35.0 Å². The highest BCUT2D eigenvalue weighted by atomic mass is 19.1. The maximum Gasteiger partial charge on any atom is 0.317 e. The molecule has 3 heterocycles. The Labute approximate surface area is 161 Å². The molecule has 2 aliphatic heterocycles. The third-order valence-electron chi connectivity index (χ3n) is 6.06. The van der Waals surface area contributed by atoms with Crippen molar-refractivity contribution in [3.63, 3.8) is 0 Å². The maximum atomic E-state index is 14.5. The second kappa shape index (κ2) is 6.18. The van der Waals surface area contributed by atoms with E-state index in [-0.39, 0.29) is 17.3 Å². The number of nitrogens with one attached hydrogen (secondary N) is 2. The summed E-state index contributed by atoms with van der Waals surface area (Å²) in [5.41, 5.74) is 1.53. The number of benzene rings is 1. The van der Waals surface area contributed by atoms with E-state index in [2.05, 4.69) is 15.5 Å². The van der Waals surface area contributed by atoms with Crippen LogP contribution in [0, 0.1) is 24.5 Å². The van der Waals surface area contributed by atoms with Gasteiger partial charge in [-0.25, -0.2) is 13.6 Å². The van der Waals surface area contributed by atoms with E-state index in [1.165, 1.54) is 18.9 Å². The molecule has 2 N–H and O–H groups in total. The second-order valence-corrected chi connectivity index (χ2v) is 8.05. The summed E-state index contributed by atoms with van der Waals surface area (Å²) in [6.07, 6.45) is 3.45. The molecule has 1 spiro atoms. The first kappa shape index (κ1) is 17.5. The first-order valence-electron chi connectivity index (χ1n) is 9.73. The Kier molecular flexibility index (Phi) is 3.86. The molecule has 1 aromatic carbocycles. The minimum absolute atomic E-state index is 0.0563. The van der Waals surface area contributed by atoms with Crippen LogP contribution in [0.3, 0.4) is 0 Å². The van der Waals surface area contributed by atoms with E-state index in [0.29, 0.717) is 37.5 Å². The molecule has 1 saturated carbocycles. The van der Waals surface area contributed by atoms with Gasteiger partial charge in [-0.05, 0) is 25.7 Å². The molecule has 28 heavy (non-hydrogen) atoms. The SMILES string of the molecule is Cc1[nH]nc2c1C1(CCN(C(=O)NCC3CC3)CC1)Oc1cc(F)cc(F)c1-2. The van der Waals surface area contributed by atoms with E-state index in [4.69, 9.17) is 4.74 Å². The number of likely N-dealkylation sites (tertiary alicyclic amines) is 1. The van der Waals surface area contributed by atoms with Crippen LogP contribution in [0.4, 0.5) is 13.6 Å². The van der Waals surface area contributed by atoms with Crippen LogP contribution < -0.4 is 10.1 Å². The molecular weight excluding hydrogens is 366 g/mol. The van der Waals surface area contributed by atoms with Gasteiger partial charge < -0.3 is 15.0 Å². The molecule has 0 unspecified atom stereocenters. The van der Waals surface area contributed by atoms with Crippen LogP contribution in [0.25, 0.3) is 11.3 Å². The lowest BCUT2D eigenvalue weighted by atomic mass is 9.79. The Bertz CT molecular complexity index is 946. The zero-order valence-electron chi connectivity index (χ0n) is 15.6. The van der Waals surface area contributed by atoms with Gasteiger partial charge in [0.15, 0.2) is 0 Å². The van der Waals surface area contributed by atoms with Crippen LogP contribution in [0.5, 0.6) is 5.75 Å². The molecule has 148 valence electrons. The van der Waals surface area contributed by atoms with Gasteiger partial charge in [0.05, 0.1) is 5.56 Å². The summed E-state index contributed by atoms with van der Waals surface area (Å²) in [4.78, 5) is 14.2. The topological polar surface area (TPSA) is 70.2 Å². The molecule has 0 bridgehead atoms. The van der Waals surface area contributed by atoms with Gasteiger partial charge in [0, 0.05) is 55.9 Å². The summed E-state index contributed by atoms with van der Waals surface area (Å²) < 4.78 is 34.5. The Morgan fingerprint density at radius 2 is 2.11 bits per heavy atom. The molecule has 2 aromatic rings. The van der Waals surface area contributed by atoms with E-state index in [1.54, 1.807) is 4.90 Å². The van der Waals surface area contributed by atoms with Crippen LogP contribution >= 0.6 is 0 Å². The van der Waals surface area contributed by atoms with Crippen LogP contribution in [-0.2, 0) is 5.60 Å². The van der Waals surface area contributed by atoms with Crippen molar-refractivity contribution in [1.82, 2.24) is 20.4 Å². The van der Waals surface area contributed by atoms with E-state index in [1.807, 2.05) is 6.92 Å². The Balaban J connectivity index is 1.43. The number of hydrogen-bond acceptors (Lipinski definition) is 3. The Morgan fingerprint density at radius 3 is 2.82 bits per heavy atom. The number of nitrogens with zero attached hydrogens (tertiary/aromatic N) is 2. The van der Waals surface area contributed by atoms with Crippen molar-refractivity contribution >= 4 is 6.03 Å². The summed E-state index contributed by atoms with van der Waals surface area (Å²) in [6.45, 7) is 3.62. The van der Waals surface area contributed by atoms with Gasteiger partial charge in [-0.15, -0.1) is 0 Å². The number of urea groups is 1. The highest BCUT2D eigenvalue weighted by Crippen LogP contribution is 2.50. The quantitative estimate of drug-likeness (QED) is 0.828. The average Bonchev–Trinajstić information content (AvgIpc) is 3.41. The number of halogens is 2. The van der Waals surface area contributed by atoms with Crippen LogP contribution in [-0.4, -0.2) is 40.8 Å². The normalized spacial score (nSPS) is 19.8. The fraction of sp³-hybridized carbons (Fsp3) is 0.500. The summed E-state index contributed by atoms with van der Waals surface area (Å²) >= 11 is 0. The van der Waals surface area contributed by atoms with E-state index in [9.17, 15) is 13.6 Å². The molecule has 0 radical (unpaired) electrons. The molecule has 1 saturated heterocycles. The molecule has 1 aromatic heterocycles. The zero-order valence-corrected chi connectivity index (χ0v) is 15.6. The van der Waals surface area contributed by atoms with E-state index in [0.717, 1.165) is 23.9 Å². The third-order valence-corrected chi connectivity index (χ3v) is 6.06. The van der Waals surface area contributed by atoms with Crippen molar-refractivity contribution in [2.24, 2.45) is 5.92 Å². The van der Waals surface area contributed by atoms with Gasteiger partial charge in [0.2, 0.25) is 0 Å². The molecule has 8 heteroatoms. The molecule has 2 amide bonds. The number of aromatic amines is 1. The van der Waals surface area contributed by atoms with Crippen LogP contribution in [0.15, 0.2) is 12.1 Å². The average molecular weight is 388 g/mol. The number of rotatable bonds is 2. The van der Waals surface area contributed by atoms with Crippen molar-refractivity contribution in [2.45, 2.75) is 38.2 Å². The predicted molar refractivity (Wildman–Crippen MR) is 97.9 cm³/mol. The number of aryl methyl sites for hydroxylation is 1. The molecule has 3 aliphatic rings. The molecule has 0 atom stereocenters. The summed E-state index contributed by atoms with van der Waals surface area (Å²) in [5.74, 6) is -0.573. The molecule has 2 fully saturated rings. The van der Waals surface area contributed by atoms with Crippen LogP contribution in [0.2, 0.25) is 0 Å². The molecule has 5 rings (SSSR count). The summed E-state index contributed by atoms with van der Waals surface area (Å²) in [6, 6.07) is 2.00. The number of amides is 2. The first-order chi connectivity index (χ1) is 13.5. The Hall–Kier alpha value is -2.64. The third kappa shape index (κ3) is 2.73. The van der Waals surface area contributed by atoms with Gasteiger partial charge in [0.25, 0.3) is 0 Å². The number of aromatic nitrogens is 2. The lowest BCUT2D eigenvalue weighted by Crippen LogP contribution is -2.51. The fourth-order valence-corrected chi connectivity index (χ4v) is 4.38. The van der Waals surface area contributed by atoms with Gasteiger partial charge in [0.1, 0.15) is 28.7 Å². The van der Waals surface area contributed by atoms with Crippen molar-refractivity contribution in [1.29, 1.82) is 0 Å². The smallest absolute Gasteiger partial charge is 0.317 e. The fourth-order valence-electron chi connectivity index (χ4n) is 4.38. The summed E-state index contributed by atoms with van der Waals surface area (Å²) in [7, 11) is 0. The monoisotopic (exact) mass is 388 g/mol. The van der Waals surface area contributed by atoms with E-state index >= 15 is 0 Å². The second-order valence-electron chi connectivity index (χ2n) is 8.05. The number of piperidine rings is 1. The van der Waals surface area contributed by atoms with Gasteiger partial charge >= 0.3 is 6.03 Å². The number of hydrogen-bond donors (Lipinski definition) is 2. The minimum atomic E-state index is -0.743. The largest absolute Gasteiger partial charge is 0.481 e. The maximum absolute atomic E-state index is 14.5. The van der Waals surface area contributed by atoms with Gasteiger partial charge in [-0.2, -0.15) is 5.10 Å². The first-order valence-corrected chi connectivity index (χ1v) is 9.73. The number of fused-ring (bicyclic) bond motifs is 4. The predicted octanol–water partition coefficient (Wildman–Crippen LogP) is 3.47. The van der Waals surface area contributed by atoms with Crippen molar-refractivity contribution in [3.8, 4) is 17.0 Å². The highest BCUT2D eigenvalue weighted by Gasteiger charge is 2.47. The van der Waals surface area contributed by atoms with E-state index < -0.39 is 17.2 Å². The van der Waals surface area contributed by atoms with Gasteiger partial charge in [-0.1, -0.05) is 0 Å². The standard InChI is InChI=1S/C20H22F2N4O2/c1-11-17-18(25-24-11)16-14(22)8-13(21)9-15(16)28-20(17)4-6-26(7-5-20)19(27)23-10-12-2-3-12/h8-9,12H,2-7,10H2,1H3,(H,23,27)(H,24,25). The molecule has 6 nitrogen and oxygen atoms in total. The van der Waals surface area contributed by atoms with Crippen molar-refractivity contribution < 1.29 is 18.3 Å². The number of H-pyrrole nitrogens is 1. The highest BCUT2D eigenvalue weighted by molar-refractivity contribution is 5.76. The van der Waals surface area contributed by atoms with Crippen molar-refractivity contribution in [2.75, 3.05) is 19.6 Å². The molecular formula is C20H22F2N4O2.